The van der Waals surface area contributed by atoms with Gasteiger partial charge in [-0.2, -0.15) is 22.0 Å². The second-order valence-electron chi connectivity index (χ2n) is 5.04. The fourth-order valence-corrected chi connectivity index (χ4v) is 3.75. The second kappa shape index (κ2) is 10.6. The number of halogens is 5. The number of hydrogen-bond acceptors (Lipinski definition) is 8. The average Bonchev–Trinajstić information content (AvgIpc) is 3.06. The van der Waals surface area contributed by atoms with E-state index >= 15 is 0 Å². The minimum absolute atomic E-state index is 0.256. The Morgan fingerprint density at radius 1 is 1.14 bits per heavy atom. The van der Waals surface area contributed by atoms with Crippen molar-refractivity contribution in [1.82, 2.24) is 20.8 Å². The standard InChI is InChI=1S/C14H12F5N5O2S3/c15-10(16)28-8-3-1-7(2-4-8)21-12-23-24-13(29-12)27-5-9(25)22-11(26)20-6-14(17,18)19/h1-4,10H,5-6H2,(H,21,23)(H2,20,22,25,26). The topological polar surface area (TPSA) is 96.0 Å². The zero-order valence-corrected chi connectivity index (χ0v) is 16.6. The summed E-state index contributed by atoms with van der Waals surface area (Å²) >= 11 is 2.45. The molecule has 0 saturated heterocycles. The number of benzene rings is 1. The van der Waals surface area contributed by atoms with Gasteiger partial charge >= 0.3 is 12.2 Å². The molecule has 2 rings (SSSR count). The molecular formula is C14H12F5N5O2S3. The molecule has 0 fully saturated rings. The van der Waals surface area contributed by atoms with Crippen LogP contribution in [0.25, 0.3) is 0 Å². The SMILES string of the molecule is O=C(CSc1nnc(Nc2ccc(SC(F)F)cc2)s1)NC(=O)NCC(F)(F)F. The van der Waals surface area contributed by atoms with E-state index in [1.165, 1.54) is 17.4 Å². The number of nitrogens with zero attached hydrogens (tertiary/aromatic N) is 2. The molecule has 0 unspecified atom stereocenters. The van der Waals surface area contributed by atoms with Crippen LogP contribution in [0.1, 0.15) is 0 Å². The highest BCUT2D eigenvalue weighted by Gasteiger charge is 2.28. The van der Waals surface area contributed by atoms with Gasteiger partial charge < -0.3 is 10.6 Å². The number of carbonyl (C=O) groups excluding carboxylic acids is 2. The number of imide groups is 1. The third kappa shape index (κ3) is 9.27. The smallest absolute Gasteiger partial charge is 0.330 e. The lowest BCUT2D eigenvalue weighted by Crippen LogP contribution is -2.43. The molecule has 7 nitrogen and oxygen atoms in total. The van der Waals surface area contributed by atoms with Gasteiger partial charge in [-0.25, -0.2) is 4.79 Å². The lowest BCUT2D eigenvalue weighted by atomic mass is 10.3. The molecule has 1 heterocycles. The zero-order valence-electron chi connectivity index (χ0n) is 14.1. The maximum absolute atomic E-state index is 12.3. The number of carbonyl (C=O) groups is 2. The Morgan fingerprint density at radius 3 is 2.45 bits per heavy atom. The predicted molar refractivity (Wildman–Crippen MR) is 99.8 cm³/mol. The summed E-state index contributed by atoms with van der Waals surface area (Å²) in [6.45, 7) is -1.55. The lowest BCUT2D eigenvalue weighted by Gasteiger charge is -2.08. The summed E-state index contributed by atoms with van der Waals surface area (Å²) in [5.41, 5.74) is 0.593. The van der Waals surface area contributed by atoms with E-state index in [4.69, 9.17) is 0 Å². The molecule has 29 heavy (non-hydrogen) atoms. The number of anilines is 2. The summed E-state index contributed by atoms with van der Waals surface area (Å²) in [6.07, 6.45) is -4.58. The molecule has 158 valence electrons. The molecule has 0 aliphatic rings. The van der Waals surface area contributed by atoms with Gasteiger partial charge in [-0.05, 0) is 24.3 Å². The first-order valence-electron chi connectivity index (χ1n) is 7.53. The van der Waals surface area contributed by atoms with E-state index in [2.05, 4.69) is 15.5 Å². The molecule has 3 amide bonds. The first-order chi connectivity index (χ1) is 13.6. The maximum Gasteiger partial charge on any atom is 0.405 e. The first-order valence-corrected chi connectivity index (χ1v) is 10.2. The maximum atomic E-state index is 12.3. The predicted octanol–water partition coefficient (Wildman–Crippen LogP) is 4.08. The second-order valence-corrected chi connectivity index (χ2v) is 8.30. The largest absolute Gasteiger partial charge is 0.405 e. The number of aromatic nitrogens is 2. The number of thioether (sulfide) groups is 2. The van der Waals surface area contributed by atoms with Gasteiger partial charge in [0.1, 0.15) is 6.54 Å². The van der Waals surface area contributed by atoms with Crippen LogP contribution in [0.15, 0.2) is 33.5 Å². The third-order valence-corrected chi connectivity index (χ3v) is 5.46. The molecule has 1 aromatic carbocycles. The van der Waals surface area contributed by atoms with Crippen molar-refractivity contribution in [3.63, 3.8) is 0 Å². The molecule has 15 heteroatoms. The molecule has 2 aromatic rings. The fourth-order valence-electron chi connectivity index (χ4n) is 1.68. The number of alkyl halides is 5. The minimum Gasteiger partial charge on any atom is -0.330 e. The number of amides is 3. The van der Waals surface area contributed by atoms with Gasteiger partial charge in [0, 0.05) is 10.6 Å². The quantitative estimate of drug-likeness (QED) is 0.393. The van der Waals surface area contributed by atoms with E-state index in [1.54, 1.807) is 17.4 Å². The van der Waals surface area contributed by atoms with Crippen LogP contribution in [-0.4, -0.2) is 46.4 Å². The molecule has 0 bridgehead atoms. The summed E-state index contributed by atoms with van der Waals surface area (Å²) in [5.74, 6) is -3.57. The monoisotopic (exact) mass is 473 g/mol. The van der Waals surface area contributed by atoms with Crippen LogP contribution in [0, 0.1) is 0 Å². The molecule has 3 N–H and O–H groups in total. The van der Waals surface area contributed by atoms with E-state index in [0.717, 1.165) is 23.1 Å². The van der Waals surface area contributed by atoms with E-state index in [-0.39, 0.29) is 5.75 Å². The van der Waals surface area contributed by atoms with E-state index < -0.39 is 30.4 Å². The van der Waals surface area contributed by atoms with Crippen LogP contribution < -0.4 is 16.0 Å². The van der Waals surface area contributed by atoms with Crippen LogP contribution in [0.2, 0.25) is 0 Å². The summed E-state index contributed by atoms with van der Waals surface area (Å²) < 4.78 is 60.9. The van der Waals surface area contributed by atoms with Crippen molar-refractivity contribution in [3.05, 3.63) is 24.3 Å². The highest BCUT2D eigenvalue weighted by Crippen LogP contribution is 2.29. The highest BCUT2D eigenvalue weighted by atomic mass is 32.2. The van der Waals surface area contributed by atoms with Crippen molar-refractivity contribution in [2.45, 2.75) is 21.2 Å². The molecule has 0 aliphatic carbocycles. The minimum atomic E-state index is -4.58. The summed E-state index contributed by atoms with van der Waals surface area (Å²) in [5, 5.41) is 14.3. The zero-order chi connectivity index (χ0) is 21.4. The summed E-state index contributed by atoms with van der Waals surface area (Å²) in [6, 6.07) is 4.97. The van der Waals surface area contributed by atoms with Gasteiger partial charge in [0.2, 0.25) is 11.0 Å². The van der Waals surface area contributed by atoms with Crippen LogP contribution >= 0.6 is 34.9 Å². The Bertz CT molecular complexity index is 832. The van der Waals surface area contributed by atoms with Crippen LogP contribution in [0.4, 0.5) is 37.6 Å². The van der Waals surface area contributed by atoms with Crippen LogP contribution in [-0.2, 0) is 4.79 Å². The van der Waals surface area contributed by atoms with Crippen molar-refractivity contribution >= 4 is 57.6 Å². The van der Waals surface area contributed by atoms with Gasteiger partial charge in [0.15, 0.2) is 4.34 Å². The van der Waals surface area contributed by atoms with E-state index in [9.17, 15) is 31.5 Å². The molecule has 0 radical (unpaired) electrons. The number of urea groups is 1. The molecule has 1 aromatic heterocycles. The fraction of sp³-hybridized carbons (Fsp3) is 0.286. The Hall–Kier alpha value is -2.13. The molecule has 0 aliphatic heterocycles. The molecular weight excluding hydrogens is 461 g/mol. The molecule has 0 spiro atoms. The Kier molecular flexibility index (Phi) is 8.45. The van der Waals surface area contributed by atoms with Crippen molar-refractivity contribution in [3.8, 4) is 0 Å². The number of rotatable bonds is 8. The first kappa shape index (κ1) is 23.2. The van der Waals surface area contributed by atoms with Gasteiger partial charge in [0.05, 0.1) is 5.75 Å². The summed E-state index contributed by atoms with van der Waals surface area (Å²) in [7, 11) is 0. The van der Waals surface area contributed by atoms with Crippen LogP contribution in [0.3, 0.4) is 0 Å². The van der Waals surface area contributed by atoms with Gasteiger partial charge in [-0.1, -0.05) is 34.9 Å². The normalized spacial score (nSPS) is 11.4. The Morgan fingerprint density at radius 2 is 1.83 bits per heavy atom. The number of hydrogen-bond donors (Lipinski definition) is 3. The molecule has 0 saturated carbocycles. The van der Waals surface area contributed by atoms with Crippen molar-refractivity contribution in [2.24, 2.45) is 0 Å². The summed E-state index contributed by atoms with van der Waals surface area (Å²) in [4.78, 5) is 23.1. The van der Waals surface area contributed by atoms with Crippen molar-refractivity contribution in [1.29, 1.82) is 0 Å². The van der Waals surface area contributed by atoms with Crippen molar-refractivity contribution < 1.29 is 31.5 Å². The van der Waals surface area contributed by atoms with Gasteiger partial charge in [-0.15, -0.1) is 10.2 Å². The van der Waals surface area contributed by atoms with Gasteiger partial charge in [-0.3, -0.25) is 10.1 Å². The average molecular weight is 473 g/mol. The lowest BCUT2D eigenvalue weighted by molar-refractivity contribution is -0.124. The Labute approximate surface area is 173 Å². The van der Waals surface area contributed by atoms with Gasteiger partial charge in [0.25, 0.3) is 5.76 Å². The van der Waals surface area contributed by atoms with E-state index in [1.807, 2.05) is 0 Å². The number of nitrogens with one attached hydrogen (secondary N) is 3. The van der Waals surface area contributed by atoms with Crippen LogP contribution in [0.5, 0.6) is 0 Å². The highest BCUT2D eigenvalue weighted by molar-refractivity contribution is 8.01. The van der Waals surface area contributed by atoms with Crippen molar-refractivity contribution in [2.75, 3.05) is 17.6 Å². The third-order valence-electron chi connectivity index (χ3n) is 2.77. The van der Waals surface area contributed by atoms with E-state index in [0.29, 0.717) is 31.8 Å². The Balaban J connectivity index is 1.77. The molecule has 0 atom stereocenters.